The second-order valence-corrected chi connectivity index (χ2v) is 7.67. The number of fused-ring (bicyclic) bond motifs is 1. The molecule has 146 valence electrons. The van der Waals surface area contributed by atoms with E-state index >= 15 is 0 Å². The van der Waals surface area contributed by atoms with E-state index < -0.39 is 0 Å². The molecule has 0 aliphatic carbocycles. The summed E-state index contributed by atoms with van der Waals surface area (Å²) in [6, 6.07) is 20.2. The molecule has 1 aliphatic rings. The number of nitrogens with one attached hydrogen (secondary N) is 1. The van der Waals surface area contributed by atoms with Crippen molar-refractivity contribution in [1.29, 1.82) is 0 Å². The lowest BCUT2D eigenvalue weighted by Gasteiger charge is -2.30. The van der Waals surface area contributed by atoms with Crippen molar-refractivity contribution in [3.8, 4) is 0 Å². The molecule has 1 heterocycles. The predicted molar refractivity (Wildman–Crippen MR) is 117 cm³/mol. The average Bonchev–Trinajstić information content (AvgIpc) is 2.72. The first-order valence-electron chi connectivity index (χ1n) is 9.59. The third kappa shape index (κ3) is 4.17. The number of carbonyl (C=O) groups is 2. The van der Waals surface area contributed by atoms with Gasteiger partial charge in [0, 0.05) is 34.1 Å². The highest BCUT2D eigenvalue weighted by Crippen LogP contribution is 2.30. The second kappa shape index (κ2) is 8.10. The Hall–Kier alpha value is -3.11. The number of anilines is 2. The molecule has 0 saturated heterocycles. The minimum Gasteiger partial charge on any atom is -0.322 e. The average molecular weight is 405 g/mol. The van der Waals surface area contributed by atoms with Crippen LogP contribution in [0, 0.1) is 6.92 Å². The summed E-state index contributed by atoms with van der Waals surface area (Å²) in [5.74, 6) is -0.206. The lowest BCUT2D eigenvalue weighted by Crippen LogP contribution is -2.35. The van der Waals surface area contributed by atoms with E-state index in [4.69, 9.17) is 11.6 Å². The highest BCUT2D eigenvalue weighted by atomic mass is 35.5. The van der Waals surface area contributed by atoms with Gasteiger partial charge in [-0.15, -0.1) is 0 Å². The zero-order chi connectivity index (χ0) is 20.4. The van der Waals surface area contributed by atoms with Crippen molar-refractivity contribution in [2.24, 2.45) is 0 Å². The molecule has 1 N–H and O–H groups in total. The molecule has 0 spiro atoms. The topological polar surface area (TPSA) is 49.4 Å². The van der Waals surface area contributed by atoms with Crippen molar-refractivity contribution < 1.29 is 9.59 Å². The first kappa shape index (κ1) is 19.2. The van der Waals surface area contributed by atoms with Gasteiger partial charge >= 0.3 is 0 Å². The number of benzene rings is 3. The van der Waals surface area contributed by atoms with Crippen LogP contribution < -0.4 is 10.2 Å². The molecule has 29 heavy (non-hydrogen) atoms. The van der Waals surface area contributed by atoms with Gasteiger partial charge in [-0.1, -0.05) is 35.4 Å². The summed E-state index contributed by atoms with van der Waals surface area (Å²) in [4.78, 5) is 27.5. The number of nitrogens with zero attached hydrogens (tertiary/aromatic N) is 1. The molecule has 0 atom stereocenters. The van der Waals surface area contributed by atoms with Crippen molar-refractivity contribution in [2.45, 2.75) is 19.8 Å². The fraction of sp³-hybridized carbons (Fsp3) is 0.167. The van der Waals surface area contributed by atoms with Crippen molar-refractivity contribution in [3.05, 3.63) is 94.0 Å². The number of amides is 2. The Balaban J connectivity index is 1.58. The molecule has 4 nitrogen and oxygen atoms in total. The third-order valence-corrected chi connectivity index (χ3v) is 5.29. The lowest BCUT2D eigenvalue weighted by molar-refractivity contribution is 0.0984. The molecule has 5 heteroatoms. The molecule has 0 radical (unpaired) electrons. The van der Waals surface area contributed by atoms with Crippen molar-refractivity contribution in [3.63, 3.8) is 0 Å². The van der Waals surface area contributed by atoms with Gasteiger partial charge in [-0.3, -0.25) is 9.59 Å². The maximum absolute atomic E-state index is 13.0. The van der Waals surface area contributed by atoms with Gasteiger partial charge < -0.3 is 10.2 Å². The summed E-state index contributed by atoms with van der Waals surface area (Å²) in [5.41, 5.74) is 4.84. The van der Waals surface area contributed by atoms with Crippen LogP contribution in [0.1, 0.15) is 38.3 Å². The summed E-state index contributed by atoms with van der Waals surface area (Å²) in [7, 11) is 0. The molecule has 3 aromatic rings. The van der Waals surface area contributed by atoms with Gasteiger partial charge in [-0.05, 0) is 73.9 Å². The zero-order valence-electron chi connectivity index (χ0n) is 16.1. The molecule has 0 bridgehead atoms. The number of rotatable bonds is 3. The van der Waals surface area contributed by atoms with Crippen LogP contribution in [0.2, 0.25) is 5.02 Å². The van der Waals surface area contributed by atoms with Gasteiger partial charge in [0.1, 0.15) is 0 Å². The quantitative estimate of drug-likeness (QED) is 0.627. The van der Waals surface area contributed by atoms with E-state index in [0.29, 0.717) is 28.4 Å². The summed E-state index contributed by atoms with van der Waals surface area (Å²) in [5, 5.41) is 3.44. The summed E-state index contributed by atoms with van der Waals surface area (Å²) >= 11 is 5.99. The minimum absolute atomic E-state index is 0.00854. The fourth-order valence-corrected chi connectivity index (χ4v) is 3.84. The van der Waals surface area contributed by atoms with E-state index in [1.807, 2.05) is 48.2 Å². The smallest absolute Gasteiger partial charge is 0.258 e. The van der Waals surface area contributed by atoms with Gasteiger partial charge in [-0.25, -0.2) is 0 Å². The number of hydrogen-bond donors (Lipinski definition) is 1. The molecule has 0 unspecified atom stereocenters. The summed E-state index contributed by atoms with van der Waals surface area (Å²) in [6.07, 6.45) is 1.70. The van der Waals surface area contributed by atoms with E-state index in [1.54, 1.807) is 30.3 Å². The Morgan fingerprint density at radius 2 is 1.79 bits per heavy atom. The normalized spacial score (nSPS) is 13.0. The molecule has 1 aliphatic heterocycles. The molecule has 0 aromatic heterocycles. The Morgan fingerprint density at radius 3 is 2.59 bits per heavy atom. The molecule has 0 fully saturated rings. The van der Waals surface area contributed by atoms with Crippen LogP contribution in [0.3, 0.4) is 0 Å². The Bertz CT molecular complexity index is 1090. The van der Waals surface area contributed by atoms with Gasteiger partial charge in [0.25, 0.3) is 11.8 Å². The fourth-order valence-electron chi connectivity index (χ4n) is 3.65. The Kier molecular flexibility index (Phi) is 5.36. The van der Waals surface area contributed by atoms with Crippen LogP contribution >= 0.6 is 11.6 Å². The molecular formula is C24H21ClN2O2. The summed E-state index contributed by atoms with van der Waals surface area (Å²) < 4.78 is 0. The van der Waals surface area contributed by atoms with E-state index in [-0.39, 0.29) is 11.8 Å². The third-order valence-electron chi connectivity index (χ3n) is 5.05. The first-order chi connectivity index (χ1) is 14.0. The Labute approximate surface area is 175 Å². The number of halogens is 1. The van der Waals surface area contributed by atoms with Gasteiger partial charge in [0.2, 0.25) is 0 Å². The van der Waals surface area contributed by atoms with Crippen LogP contribution in [0.15, 0.2) is 66.7 Å². The Morgan fingerprint density at radius 1 is 0.966 bits per heavy atom. The van der Waals surface area contributed by atoms with Crippen molar-refractivity contribution in [2.75, 3.05) is 16.8 Å². The molecular weight excluding hydrogens is 384 g/mol. The predicted octanol–water partition coefficient (Wildman–Crippen LogP) is 5.49. The van der Waals surface area contributed by atoms with E-state index in [0.717, 1.165) is 29.7 Å². The van der Waals surface area contributed by atoms with Crippen molar-refractivity contribution >= 4 is 34.8 Å². The second-order valence-electron chi connectivity index (χ2n) is 7.24. The highest BCUT2D eigenvalue weighted by molar-refractivity contribution is 6.31. The molecule has 0 saturated carbocycles. The first-order valence-corrected chi connectivity index (χ1v) is 9.97. The maximum atomic E-state index is 13.0. The van der Waals surface area contributed by atoms with Crippen LogP contribution in [0.25, 0.3) is 0 Å². The SMILES string of the molecule is Cc1cccc(C(=O)N2CCCc3cc(C(=O)Nc4cccc(Cl)c4)ccc32)c1. The maximum Gasteiger partial charge on any atom is 0.258 e. The van der Waals surface area contributed by atoms with Crippen molar-refractivity contribution in [1.82, 2.24) is 0 Å². The van der Waals surface area contributed by atoms with Crippen LogP contribution in [0.4, 0.5) is 11.4 Å². The van der Waals surface area contributed by atoms with Gasteiger partial charge in [0.05, 0.1) is 0 Å². The van der Waals surface area contributed by atoms with Crippen LogP contribution in [-0.4, -0.2) is 18.4 Å². The standard InChI is InChI=1S/C24H21ClN2O2/c1-16-5-2-6-19(13-16)24(29)27-12-4-7-17-14-18(10-11-22(17)27)23(28)26-21-9-3-8-20(25)15-21/h2-3,5-6,8-11,13-15H,4,7,12H2,1H3,(H,26,28). The largest absolute Gasteiger partial charge is 0.322 e. The van der Waals surface area contributed by atoms with E-state index in [9.17, 15) is 9.59 Å². The van der Waals surface area contributed by atoms with Gasteiger partial charge in [-0.2, -0.15) is 0 Å². The molecule has 2 amide bonds. The summed E-state index contributed by atoms with van der Waals surface area (Å²) in [6.45, 7) is 2.65. The zero-order valence-corrected chi connectivity index (χ0v) is 16.9. The highest BCUT2D eigenvalue weighted by Gasteiger charge is 2.24. The van der Waals surface area contributed by atoms with E-state index in [2.05, 4.69) is 5.32 Å². The molecule has 3 aromatic carbocycles. The van der Waals surface area contributed by atoms with Gasteiger partial charge in [0.15, 0.2) is 0 Å². The van der Waals surface area contributed by atoms with Crippen LogP contribution in [-0.2, 0) is 6.42 Å². The lowest BCUT2D eigenvalue weighted by atomic mass is 9.98. The number of hydrogen-bond acceptors (Lipinski definition) is 2. The monoisotopic (exact) mass is 404 g/mol. The van der Waals surface area contributed by atoms with Crippen LogP contribution in [0.5, 0.6) is 0 Å². The molecule has 4 rings (SSSR count). The number of carbonyl (C=O) groups excluding carboxylic acids is 2. The minimum atomic E-state index is -0.197. The number of aryl methyl sites for hydroxylation is 2. The van der Waals surface area contributed by atoms with E-state index in [1.165, 1.54) is 0 Å².